The molecule has 0 radical (unpaired) electrons. The molecule has 0 heterocycles. The minimum absolute atomic E-state index is 0.248. The van der Waals surface area contributed by atoms with Crippen LogP contribution in [0.2, 0.25) is 10.0 Å². The molecule has 17 heavy (non-hydrogen) atoms. The Bertz CT molecular complexity index is 410. The summed E-state index contributed by atoms with van der Waals surface area (Å²) in [7, 11) is 0. The molecule has 0 aliphatic rings. The number of aliphatic hydroxyl groups excluding tert-OH is 1. The molecule has 0 fully saturated rings. The second kappa shape index (κ2) is 6.21. The van der Waals surface area contributed by atoms with E-state index in [1.165, 1.54) is 6.92 Å². The van der Waals surface area contributed by atoms with Crippen LogP contribution in [0.5, 0.6) is 0 Å². The highest BCUT2D eigenvalue weighted by atomic mass is 35.5. The van der Waals surface area contributed by atoms with E-state index < -0.39 is 18.1 Å². The number of aliphatic carboxylic acids is 1. The van der Waals surface area contributed by atoms with Crippen LogP contribution in [0.4, 0.5) is 0 Å². The van der Waals surface area contributed by atoms with Crippen molar-refractivity contribution >= 4 is 29.2 Å². The van der Waals surface area contributed by atoms with Crippen LogP contribution in [-0.2, 0) is 11.3 Å². The second-order valence-electron chi connectivity index (χ2n) is 3.67. The van der Waals surface area contributed by atoms with Crippen molar-refractivity contribution in [2.75, 3.05) is 0 Å². The minimum Gasteiger partial charge on any atom is -0.480 e. The molecule has 4 nitrogen and oxygen atoms in total. The van der Waals surface area contributed by atoms with Gasteiger partial charge in [-0.05, 0) is 24.6 Å². The van der Waals surface area contributed by atoms with Gasteiger partial charge in [-0.2, -0.15) is 0 Å². The third-order valence-electron chi connectivity index (χ3n) is 2.28. The number of aliphatic hydroxyl groups is 1. The van der Waals surface area contributed by atoms with E-state index in [1.807, 2.05) is 0 Å². The van der Waals surface area contributed by atoms with Crippen LogP contribution in [0.1, 0.15) is 12.5 Å². The molecular weight excluding hydrogens is 265 g/mol. The van der Waals surface area contributed by atoms with Crippen LogP contribution in [0.3, 0.4) is 0 Å². The van der Waals surface area contributed by atoms with Crippen LogP contribution in [-0.4, -0.2) is 28.3 Å². The molecule has 1 rings (SSSR count). The van der Waals surface area contributed by atoms with Crippen molar-refractivity contribution in [1.82, 2.24) is 5.32 Å². The molecule has 0 aliphatic heterocycles. The summed E-state index contributed by atoms with van der Waals surface area (Å²) in [5.41, 5.74) is 0.725. The van der Waals surface area contributed by atoms with Crippen LogP contribution in [0.25, 0.3) is 0 Å². The quantitative estimate of drug-likeness (QED) is 0.769. The number of rotatable bonds is 5. The van der Waals surface area contributed by atoms with Gasteiger partial charge in [-0.3, -0.25) is 10.1 Å². The number of carboxylic acids is 1. The molecule has 1 aromatic carbocycles. The fraction of sp³-hybridized carbons (Fsp3) is 0.364. The number of hydrogen-bond acceptors (Lipinski definition) is 3. The molecule has 2 unspecified atom stereocenters. The molecule has 0 aliphatic carbocycles. The maximum Gasteiger partial charge on any atom is 0.323 e. The van der Waals surface area contributed by atoms with Gasteiger partial charge in [-0.15, -0.1) is 0 Å². The van der Waals surface area contributed by atoms with Gasteiger partial charge in [0, 0.05) is 16.6 Å². The van der Waals surface area contributed by atoms with Gasteiger partial charge in [-0.25, -0.2) is 0 Å². The first-order valence-electron chi connectivity index (χ1n) is 5.00. The predicted molar refractivity (Wildman–Crippen MR) is 66.4 cm³/mol. The lowest BCUT2D eigenvalue weighted by atomic mass is 10.1. The Morgan fingerprint density at radius 1 is 1.47 bits per heavy atom. The Labute approximate surface area is 109 Å². The SMILES string of the molecule is CC(O)C(NCc1ccc(Cl)cc1Cl)C(=O)O. The predicted octanol–water partition coefficient (Wildman–Crippen LogP) is 1.92. The van der Waals surface area contributed by atoms with E-state index in [0.717, 1.165) is 5.56 Å². The molecule has 0 aromatic heterocycles. The standard InChI is InChI=1S/C11H13Cl2NO3/c1-6(15)10(11(16)17)14-5-7-2-3-8(12)4-9(7)13/h2-4,6,10,14-15H,5H2,1H3,(H,16,17). The first kappa shape index (κ1) is 14.3. The molecular formula is C11H13Cl2NO3. The van der Waals surface area contributed by atoms with E-state index in [4.69, 9.17) is 28.3 Å². The van der Waals surface area contributed by atoms with Crippen LogP contribution in [0.15, 0.2) is 18.2 Å². The summed E-state index contributed by atoms with van der Waals surface area (Å²) in [6.07, 6.45) is -0.987. The Morgan fingerprint density at radius 3 is 2.59 bits per heavy atom. The number of benzene rings is 1. The fourth-order valence-corrected chi connectivity index (χ4v) is 1.82. The van der Waals surface area contributed by atoms with E-state index >= 15 is 0 Å². The number of carbonyl (C=O) groups is 1. The lowest BCUT2D eigenvalue weighted by molar-refractivity contribution is -0.142. The highest BCUT2D eigenvalue weighted by Gasteiger charge is 2.22. The van der Waals surface area contributed by atoms with Gasteiger partial charge in [0.15, 0.2) is 0 Å². The highest BCUT2D eigenvalue weighted by molar-refractivity contribution is 6.35. The Morgan fingerprint density at radius 2 is 2.12 bits per heavy atom. The number of carboxylic acid groups (broad SMARTS) is 1. The normalized spacial score (nSPS) is 14.4. The summed E-state index contributed by atoms with van der Waals surface area (Å²) >= 11 is 11.7. The first-order chi connectivity index (χ1) is 7.91. The Kier molecular flexibility index (Phi) is 5.21. The third kappa shape index (κ3) is 4.16. The van der Waals surface area contributed by atoms with Crippen molar-refractivity contribution in [3.8, 4) is 0 Å². The summed E-state index contributed by atoms with van der Waals surface area (Å²) in [5, 5.41) is 21.8. The van der Waals surface area contributed by atoms with Gasteiger partial charge >= 0.3 is 5.97 Å². The zero-order chi connectivity index (χ0) is 13.0. The molecule has 0 spiro atoms. The lowest BCUT2D eigenvalue weighted by Gasteiger charge is -2.17. The van der Waals surface area contributed by atoms with Gasteiger partial charge in [0.2, 0.25) is 0 Å². The van der Waals surface area contributed by atoms with Crippen LogP contribution >= 0.6 is 23.2 Å². The van der Waals surface area contributed by atoms with E-state index in [0.29, 0.717) is 10.0 Å². The molecule has 6 heteroatoms. The van der Waals surface area contributed by atoms with Crippen molar-refractivity contribution in [2.45, 2.75) is 25.6 Å². The van der Waals surface area contributed by atoms with E-state index in [-0.39, 0.29) is 6.54 Å². The molecule has 0 saturated heterocycles. The zero-order valence-electron chi connectivity index (χ0n) is 9.15. The van der Waals surface area contributed by atoms with Crippen molar-refractivity contribution in [1.29, 1.82) is 0 Å². The number of nitrogens with one attached hydrogen (secondary N) is 1. The van der Waals surface area contributed by atoms with Crippen molar-refractivity contribution in [2.24, 2.45) is 0 Å². The molecule has 3 N–H and O–H groups in total. The molecule has 2 atom stereocenters. The zero-order valence-corrected chi connectivity index (χ0v) is 10.7. The first-order valence-corrected chi connectivity index (χ1v) is 5.75. The maximum atomic E-state index is 10.8. The summed E-state index contributed by atoms with van der Waals surface area (Å²) in [5.74, 6) is -1.11. The Balaban J connectivity index is 2.69. The average Bonchev–Trinajstić information content (AvgIpc) is 2.20. The van der Waals surface area contributed by atoms with Crippen LogP contribution in [0, 0.1) is 0 Å². The van der Waals surface area contributed by atoms with Gasteiger partial charge in [0.25, 0.3) is 0 Å². The molecule has 94 valence electrons. The second-order valence-corrected chi connectivity index (χ2v) is 4.52. The maximum absolute atomic E-state index is 10.8. The third-order valence-corrected chi connectivity index (χ3v) is 2.86. The van der Waals surface area contributed by atoms with Gasteiger partial charge in [0.05, 0.1) is 6.10 Å². The minimum atomic E-state index is -1.11. The summed E-state index contributed by atoms with van der Waals surface area (Å²) < 4.78 is 0. The van der Waals surface area contributed by atoms with E-state index in [1.54, 1.807) is 18.2 Å². The number of halogens is 2. The lowest BCUT2D eigenvalue weighted by Crippen LogP contribution is -2.44. The van der Waals surface area contributed by atoms with E-state index in [2.05, 4.69) is 5.32 Å². The summed E-state index contributed by atoms with van der Waals surface area (Å²) in [4.78, 5) is 10.8. The van der Waals surface area contributed by atoms with Crippen molar-refractivity contribution in [3.63, 3.8) is 0 Å². The molecule has 0 saturated carbocycles. The summed E-state index contributed by atoms with van der Waals surface area (Å²) in [6.45, 7) is 1.66. The van der Waals surface area contributed by atoms with Gasteiger partial charge in [0.1, 0.15) is 6.04 Å². The average molecular weight is 278 g/mol. The largest absolute Gasteiger partial charge is 0.480 e. The van der Waals surface area contributed by atoms with Gasteiger partial charge in [-0.1, -0.05) is 29.3 Å². The Hall–Kier alpha value is -0.810. The van der Waals surface area contributed by atoms with E-state index in [9.17, 15) is 9.90 Å². The smallest absolute Gasteiger partial charge is 0.323 e. The monoisotopic (exact) mass is 277 g/mol. The van der Waals surface area contributed by atoms with Crippen molar-refractivity contribution in [3.05, 3.63) is 33.8 Å². The number of hydrogen-bond donors (Lipinski definition) is 3. The van der Waals surface area contributed by atoms with Gasteiger partial charge < -0.3 is 10.2 Å². The highest BCUT2D eigenvalue weighted by Crippen LogP contribution is 2.20. The summed E-state index contributed by atoms with van der Waals surface area (Å²) in [6, 6.07) is 3.93. The molecule has 0 bridgehead atoms. The van der Waals surface area contributed by atoms with Crippen LogP contribution < -0.4 is 5.32 Å². The molecule has 1 aromatic rings. The fourth-order valence-electron chi connectivity index (χ4n) is 1.35. The van der Waals surface area contributed by atoms with Crippen molar-refractivity contribution < 1.29 is 15.0 Å². The molecule has 0 amide bonds. The topological polar surface area (TPSA) is 69.6 Å².